The third-order valence-corrected chi connectivity index (χ3v) is 2.54. The second kappa shape index (κ2) is 5.82. The van der Waals surface area contributed by atoms with Gasteiger partial charge in [-0.1, -0.05) is 29.8 Å². The molecule has 0 saturated carbocycles. The monoisotopic (exact) mass is 253 g/mol. The van der Waals surface area contributed by atoms with E-state index in [0.717, 1.165) is 5.56 Å². The highest BCUT2D eigenvalue weighted by Gasteiger charge is 1.98. The van der Waals surface area contributed by atoms with Crippen molar-refractivity contribution in [3.8, 4) is 0 Å². The molecule has 0 spiro atoms. The van der Waals surface area contributed by atoms with Crippen LogP contribution in [-0.2, 0) is 4.79 Å². The zero-order valence-electron chi connectivity index (χ0n) is 10.6. The number of nitrogens with zero attached hydrogens (tertiary/aromatic N) is 1. The predicted molar refractivity (Wildman–Crippen MR) is 77.5 cm³/mol. The van der Waals surface area contributed by atoms with Crippen LogP contribution in [0.1, 0.15) is 11.1 Å². The van der Waals surface area contributed by atoms with Crippen LogP contribution in [0.4, 0.5) is 11.5 Å². The summed E-state index contributed by atoms with van der Waals surface area (Å²) in [5.41, 5.74) is 8.24. The number of nitrogens with two attached hydrogens (primary N) is 1. The maximum atomic E-state index is 11.7. The molecule has 2 rings (SSSR count). The minimum absolute atomic E-state index is 0.224. The fourth-order valence-corrected chi connectivity index (χ4v) is 1.50. The summed E-state index contributed by atoms with van der Waals surface area (Å²) in [6, 6.07) is 11.3. The predicted octanol–water partition coefficient (Wildman–Crippen LogP) is 2.62. The van der Waals surface area contributed by atoms with Gasteiger partial charge in [0.2, 0.25) is 5.91 Å². The number of benzene rings is 1. The van der Waals surface area contributed by atoms with Crippen molar-refractivity contribution in [3.05, 3.63) is 59.8 Å². The van der Waals surface area contributed by atoms with Crippen LogP contribution in [0.2, 0.25) is 0 Å². The number of nitrogens with one attached hydrogen (secondary N) is 1. The fraction of sp³-hybridized carbons (Fsp3) is 0.0667. The van der Waals surface area contributed by atoms with Crippen molar-refractivity contribution in [2.24, 2.45) is 0 Å². The number of carbonyl (C=O) groups is 1. The van der Waals surface area contributed by atoms with Crippen LogP contribution >= 0.6 is 0 Å². The molecule has 2 aromatic rings. The van der Waals surface area contributed by atoms with Gasteiger partial charge in [-0.05, 0) is 30.7 Å². The third-order valence-electron chi connectivity index (χ3n) is 2.54. The number of anilines is 2. The van der Waals surface area contributed by atoms with Gasteiger partial charge in [0.15, 0.2) is 0 Å². The lowest BCUT2D eigenvalue weighted by molar-refractivity contribution is -0.111. The molecule has 0 aliphatic heterocycles. The van der Waals surface area contributed by atoms with Crippen LogP contribution in [-0.4, -0.2) is 10.9 Å². The highest BCUT2D eigenvalue weighted by atomic mass is 16.1. The summed E-state index contributed by atoms with van der Waals surface area (Å²) in [6.07, 6.45) is 4.73. The van der Waals surface area contributed by atoms with E-state index in [-0.39, 0.29) is 5.91 Å². The van der Waals surface area contributed by atoms with Gasteiger partial charge in [-0.2, -0.15) is 0 Å². The molecule has 1 aromatic heterocycles. The number of carbonyl (C=O) groups excluding carboxylic acids is 1. The molecule has 96 valence electrons. The van der Waals surface area contributed by atoms with Crippen molar-refractivity contribution < 1.29 is 4.79 Å². The SMILES string of the molecule is Cc1ccc(/C=C/C(=O)Nc2ccc(N)cn2)cc1. The number of amides is 1. The van der Waals surface area contributed by atoms with Gasteiger partial charge < -0.3 is 11.1 Å². The van der Waals surface area contributed by atoms with E-state index in [2.05, 4.69) is 10.3 Å². The number of aromatic nitrogens is 1. The van der Waals surface area contributed by atoms with Crippen LogP contribution in [0.5, 0.6) is 0 Å². The Morgan fingerprint density at radius 3 is 2.58 bits per heavy atom. The molecule has 4 nitrogen and oxygen atoms in total. The Morgan fingerprint density at radius 2 is 1.95 bits per heavy atom. The second-order valence-corrected chi connectivity index (χ2v) is 4.21. The fourth-order valence-electron chi connectivity index (χ4n) is 1.50. The van der Waals surface area contributed by atoms with Crippen molar-refractivity contribution in [2.75, 3.05) is 11.1 Å². The maximum Gasteiger partial charge on any atom is 0.249 e. The van der Waals surface area contributed by atoms with Crippen LogP contribution in [0.3, 0.4) is 0 Å². The minimum Gasteiger partial charge on any atom is -0.397 e. The molecule has 0 aliphatic carbocycles. The minimum atomic E-state index is -0.224. The van der Waals surface area contributed by atoms with Crippen molar-refractivity contribution in [2.45, 2.75) is 6.92 Å². The lowest BCUT2D eigenvalue weighted by atomic mass is 10.1. The molecule has 1 amide bonds. The first kappa shape index (κ1) is 12.8. The second-order valence-electron chi connectivity index (χ2n) is 4.21. The van der Waals surface area contributed by atoms with Gasteiger partial charge in [-0.25, -0.2) is 4.98 Å². The summed E-state index contributed by atoms with van der Waals surface area (Å²) in [7, 11) is 0. The molecule has 1 heterocycles. The Kier molecular flexibility index (Phi) is 3.93. The number of nitrogen functional groups attached to an aromatic ring is 1. The molecule has 0 saturated heterocycles. The molecule has 4 heteroatoms. The molecular formula is C15H15N3O. The van der Waals surface area contributed by atoms with Gasteiger partial charge in [-0.3, -0.25) is 4.79 Å². The molecular weight excluding hydrogens is 238 g/mol. The lowest BCUT2D eigenvalue weighted by Gasteiger charge is -2.01. The van der Waals surface area contributed by atoms with Crippen molar-refractivity contribution >= 4 is 23.5 Å². The molecule has 0 radical (unpaired) electrons. The van der Waals surface area contributed by atoms with Gasteiger partial charge in [0.05, 0.1) is 11.9 Å². The topological polar surface area (TPSA) is 68.0 Å². The first-order chi connectivity index (χ1) is 9.13. The van der Waals surface area contributed by atoms with Crippen LogP contribution in [0, 0.1) is 6.92 Å². The number of pyridine rings is 1. The molecule has 3 N–H and O–H groups in total. The summed E-state index contributed by atoms with van der Waals surface area (Å²) in [5, 5.41) is 2.66. The van der Waals surface area contributed by atoms with Crippen LogP contribution in [0.25, 0.3) is 6.08 Å². The van der Waals surface area contributed by atoms with E-state index in [1.165, 1.54) is 17.8 Å². The zero-order valence-corrected chi connectivity index (χ0v) is 10.6. The third kappa shape index (κ3) is 3.96. The van der Waals surface area contributed by atoms with Crippen LogP contribution < -0.4 is 11.1 Å². The Balaban J connectivity index is 1.97. The van der Waals surface area contributed by atoms with Crippen molar-refractivity contribution in [1.29, 1.82) is 0 Å². The number of hydrogen-bond donors (Lipinski definition) is 2. The summed E-state index contributed by atoms with van der Waals surface area (Å²) in [5.74, 6) is 0.255. The number of rotatable bonds is 3. The molecule has 1 aromatic carbocycles. The molecule has 0 aliphatic rings. The normalized spacial score (nSPS) is 10.6. The van der Waals surface area contributed by atoms with E-state index in [1.54, 1.807) is 18.2 Å². The van der Waals surface area contributed by atoms with Crippen molar-refractivity contribution in [1.82, 2.24) is 4.98 Å². The van der Waals surface area contributed by atoms with E-state index in [9.17, 15) is 4.79 Å². The highest BCUT2D eigenvalue weighted by Crippen LogP contribution is 2.07. The lowest BCUT2D eigenvalue weighted by Crippen LogP contribution is -2.09. The van der Waals surface area contributed by atoms with Crippen molar-refractivity contribution in [3.63, 3.8) is 0 Å². The summed E-state index contributed by atoms with van der Waals surface area (Å²) in [4.78, 5) is 15.7. The Bertz CT molecular complexity index is 586. The molecule has 19 heavy (non-hydrogen) atoms. The van der Waals surface area contributed by atoms with Gasteiger partial charge in [0.1, 0.15) is 5.82 Å². The smallest absolute Gasteiger partial charge is 0.249 e. The van der Waals surface area contributed by atoms with Gasteiger partial charge >= 0.3 is 0 Å². The molecule has 0 atom stereocenters. The largest absolute Gasteiger partial charge is 0.397 e. The Morgan fingerprint density at radius 1 is 1.21 bits per heavy atom. The summed E-state index contributed by atoms with van der Waals surface area (Å²) < 4.78 is 0. The van der Waals surface area contributed by atoms with E-state index < -0.39 is 0 Å². The first-order valence-electron chi connectivity index (χ1n) is 5.91. The summed E-state index contributed by atoms with van der Waals surface area (Å²) >= 11 is 0. The Labute approximate surface area is 112 Å². The maximum absolute atomic E-state index is 11.7. The van der Waals surface area contributed by atoms with E-state index in [4.69, 9.17) is 5.73 Å². The quantitative estimate of drug-likeness (QED) is 0.826. The van der Waals surface area contributed by atoms with Crippen LogP contribution in [0.15, 0.2) is 48.7 Å². The van der Waals surface area contributed by atoms with Gasteiger partial charge in [0, 0.05) is 6.08 Å². The van der Waals surface area contributed by atoms with Gasteiger partial charge in [-0.15, -0.1) is 0 Å². The Hall–Kier alpha value is -2.62. The van der Waals surface area contributed by atoms with E-state index in [0.29, 0.717) is 11.5 Å². The van der Waals surface area contributed by atoms with Gasteiger partial charge in [0.25, 0.3) is 0 Å². The van der Waals surface area contributed by atoms with E-state index in [1.807, 2.05) is 31.2 Å². The molecule has 0 bridgehead atoms. The molecule has 0 unspecified atom stereocenters. The first-order valence-corrected chi connectivity index (χ1v) is 5.91. The average Bonchev–Trinajstić information content (AvgIpc) is 2.41. The average molecular weight is 253 g/mol. The highest BCUT2D eigenvalue weighted by molar-refractivity contribution is 6.01. The summed E-state index contributed by atoms with van der Waals surface area (Å²) in [6.45, 7) is 2.02. The molecule has 0 fully saturated rings. The zero-order chi connectivity index (χ0) is 13.7. The van der Waals surface area contributed by atoms with E-state index >= 15 is 0 Å². The number of aryl methyl sites for hydroxylation is 1. The standard InChI is InChI=1S/C15H15N3O/c1-11-2-4-12(5-3-11)6-9-15(19)18-14-8-7-13(16)10-17-14/h2-10H,16H2,1H3,(H,17,18,19)/b9-6+. The number of hydrogen-bond acceptors (Lipinski definition) is 3.